The van der Waals surface area contributed by atoms with Gasteiger partial charge < -0.3 is 11.1 Å². The molecule has 0 spiro atoms. The normalized spacial score (nSPS) is 17.5. The lowest BCUT2D eigenvalue weighted by molar-refractivity contribution is -0.128. The van der Waals surface area contributed by atoms with Gasteiger partial charge in [-0.25, -0.2) is 0 Å². The van der Waals surface area contributed by atoms with E-state index in [-0.39, 0.29) is 5.91 Å². The molecule has 1 atom stereocenters. The molecule has 0 aromatic heterocycles. The zero-order valence-electron chi connectivity index (χ0n) is 9.45. The highest BCUT2D eigenvalue weighted by atomic mass is 16.2. The Hall–Kier alpha value is -1.06. The molecule has 0 aromatic rings. The number of hydrogen-bond acceptors (Lipinski definition) is 2. The van der Waals surface area contributed by atoms with E-state index in [0.717, 1.165) is 12.8 Å². The fourth-order valence-electron chi connectivity index (χ4n) is 1.56. The highest BCUT2D eigenvalue weighted by Crippen LogP contribution is 2.33. The molecule has 2 amide bonds. The molecular weight excluding hydrogens is 192 g/mol. The fraction of sp³-hybridized carbons (Fsp3) is 0.818. The highest BCUT2D eigenvalue weighted by Gasteiger charge is 2.29. The van der Waals surface area contributed by atoms with E-state index in [1.807, 2.05) is 13.8 Å². The number of primary amides is 1. The van der Waals surface area contributed by atoms with Gasteiger partial charge in [0, 0.05) is 6.42 Å². The zero-order valence-corrected chi connectivity index (χ0v) is 9.45. The van der Waals surface area contributed by atoms with Crippen LogP contribution in [0.5, 0.6) is 0 Å². The van der Waals surface area contributed by atoms with E-state index >= 15 is 0 Å². The molecule has 0 aliphatic heterocycles. The summed E-state index contributed by atoms with van der Waals surface area (Å²) in [4.78, 5) is 22.5. The number of carbonyl (C=O) groups is 2. The second kappa shape index (κ2) is 5.14. The van der Waals surface area contributed by atoms with Gasteiger partial charge in [0.2, 0.25) is 11.8 Å². The quantitative estimate of drug-likeness (QED) is 0.683. The summed E-state index contributed by atoms with van der Waals surface area (Å²) < 4.78 is 0. The largest absolute Gasteiger partial charge is 0.368 e. The van der Waals surface area contributed by atoms with Gasteiger partial charge in [-0.1, -0.05) is 26.7 Å². The first-order valence-corrected chi connectivity index (χ1v) is 5.57. The van der Waals surface area contributed by atoms with Crippen molar-refractivity contribution in [3.8, 4) is 0 Å². The van der Waals surface area contributed by atoms with Crippen molar-refractivity contribution >= 4 is 11.8 Å². The molecule has 15 heavy (non-hydrogen) atoms. The van der Waals surface area contributed by atoms with E-state index in [1.165, 1.54) is 0 Å². The van der Waals surface area contributed by atoms with Gasteiger partial charge in [0.05, 0.1) is 0 Å². The van der Waals surface area contributed by atoms with E-state index in [2.05, 4.69) is 5.32 Å². The van der Waals surface area contributed by atoms with Crippen LogP contribution in [0, 0.1) is 11.8 Å². The minimum atomic E-state index is -0.469. The third-order valence-electron chi connectivity index (χ3n) is 2.54. The van der Waals surface area contributed by atoms with Crippen molar-refractivity contribution < 1.29 is 9.59 Å². The summed E-state index contributed by atoms with van der Waals surface area (Å²) in [6.07, 6.45) is 3.47. The molecule has 1 rings (SSSR count). The van der Waals surface area contributed by atoms with Crippen LogP contribution in [0.1, 0.15) is 39.5 Å². The lowest BCUT2D eigenvalue weighted by Gasteiger charge is -2.15. The average Bonchev–Trinajstić information content (AvgIpc) is 2.85. The van der Waals surface area contributed by atoms with Crippen LogP contribution in [-0.4, -0.2) is 17.9 Å². The lowest BCUT2D eigenvalue weighted by atomic mass is 10.1. The summed E-state index contributed by atoms with van der Waals surface area (Å²) in [5.74, 6) is 0.398. The van der Waals surface area contributed by atoms with E-state index < -0.39 is 11.9 Å². The molecule has 0 heterocycles. The van der Waals surface area contributed by atoms with Crippen molar-refractivity contribution in [1.82, 2.24) is 5.32 Å². The summed E-state index contributed by atoms with van der Waals surface area (Å²) >= 11 is 0. The summed E-state index contributed by atoms with van der Waals surface area (Å²) in [7, 11) is 0. The number of amides is 2. The standard InChI is InChI=1S/C11H20N2O2/c1-7(2)5-10(14)13-9(11(12)15)6-8-3-4-8/h7-9H,3-6H2,1-2H3,(H2,12,15)(H,13,14)/t9-/m1/s1. The third kappa shape index (κ3) is 4.81. The Morgan fingerprint density at radius 1 is 1.40 bits per heavy atom. The van der Waals surface area contributed by atoms with Gasteiger partial charge in [0.15, 0.2) is 0 Å². The van der Waals surface area contributed by atoms with Crippen molar-refractivity contribution in [2.45, 2.75) is 45.6 Å². The Morgan fingerprint density at radius 3 is 2.40 bits per heavy atom. The van der Waals surface area contributed by atoms with Gasteiger partial charge in [0.25, 0.3) is 0 Å². The Labute approximate surface area is 90.6 Å². The summed E-state index contributed by atoms with van der Waals surface area (Å²) in [5.41, 5.74) is 5.24. The van der Waals surface area contributed by atoms with Crippen LogP contribution in [0.2, 0.25) is 0 Å². The van der Waals surface area contributed by atoms with Gasteiger partial charge in [-0.3, -0.25) is 9.59 Å². The zero-order chi connectivity index (χ0) is 11.4. The van der Waals surface area contributed by atoms with Crippen LogP contribution >= 0.6 is 0 Å². The molecule has 86 valence electrons. The van der Waals surface area contributed by atoms with Crippen LogP contribution in [0.3, 0.4) is 0 Å². The monoisotopic (exact) mass is 212 g/mol. The fourth-order valence-corrected chi connectivity index (χ4v) is 1.56. The smallest absolute Gasteiger partial charge is 0.240 e. The van der Waals surface area contributed by atoms with Crippen molar-refractivity contribution in [3.63, 3.8) is 0 Å². The van der Waals surface area contributed by atoms with Crippen LogP contribution in [0.15, 0.2) is 0 Å². The molecule has 0 bridgehead atoms. The first-order chi connectivity index (χ1) is 6.99. The molecule has 0 unspecified atom stereocenters. The van der Waals surface area contributed by atoms with Crippen molar-refractivity contribution in [2.75, 3.05) is 0 Å². The number of hydrogen-bond donors (Lipinski definition) is 2. The Morgan fingerprint density at radius 2 is 2.00 bits per heavy atom. The Balaban J connectivity index is 2.35. The predicted octanol–water partition coefficient (Wildman–Crippen LogP) is 0.803. The summed E-state index contributed by atoms with van der Waals surface area (Å²) in [6.45, 7) is 3.94. The first-order valence-electron chi connectivity index (χ1n) is 5.57. The van der Waals surface area contributed by atoms with E-state index in [4.69, 9.17) is 5.73 Å². The molecule has 1 saturated carbocycles. The molecule has 1 aliphatic rings. The molecule has 4 heteroatoms. The van der Waals surface area contributed by atoms with Gasteiger partial charge in [-0.15, -0.1) is 0 Å². The van der Waals surface area contributed by atoms with Crippen LogP contribution < -0.4 is 11.1 Å². The maximum Gasteiger partial charge on any atom is 0.240 e. The number of carbonyl (C=O) groups excluding carboxylic acids is 2. The molecule has 0 radical (unpaired) electrons. The Bertz CT molecular complexity index is 247. The number of rotatable bonds is 6. The third-order valence-corrected chi connectivity index (χ3v) is 2.54. The molecule has 0 aromatic carbocycles. The van der Waals surface area contributed by atoms with Crippen LogP contribution in [0.4, 0.5) is 0 Å². The molecular formula is C11H20N2O2. The van der Waals surface area contributed by atoms with Crippen molar-refractivity contribution in [3.05, 3.63) is 0 Å². The highest BCUT2D eigenvalue weighted by molar-refractivity contribution is 5.86. The van der Waals surface area contributed by atoms with Crippen molar-refractivity contribution in [1.29, 1.82) is 0 Å². The summed E-state index contributed by atoms with van der Waals surface area (Å²) in [6, 6.07) is -0.469. The van der Waals surface area contributed by atoms with Gasteiger partial charge >= 0.3 is 0 Å². The molecule has 1 fully saturated rings. The first kappa shape index (κ1) is 12.0. The van der Waals surface area contributed by atoms with Gasteiger partial charge in [-0.2, -0.15) is 0 Å². The van der Waals surface area contributed by atoms with Crippen LogP contribution in [0.25, 0.3) is 0 Å². The molecule has 0 saturated heterocycles. The maximum absolute atomic E-state index is 11.5. The maximum atomic E-state index is 11.5. The topological polar surface area (TPSA) is 72.2 Å². The minimum absolute atomic E-state index is 0.0746. The second-order valence-corrected chi connectivity index (χ2v) is 4.80. The minimum Gasteiger partial charge on any atom is -0.368 e. The molecule has 1 aliphatic carbocycles. The predicted molar refractivity (Wildman–Crippen MR) is 57.9 cm³/mol. The average molecular weight is 212 g/mol. The van der Waals surface area contributed by atoms with E-state index in [1.54, 1.807) is 0 Å². The number of nitrogens with one attached hydrogen (secondary N) is 1. The molecule has 3 N–H and O–H groups in total. The summed E-state index contributed by atoms with van der Waals surface area (Å²) in [5, 5.41) is 2.71. The van der Waals surface area contributed by atoms with E-state index in [0.29, 0.717) is 24.7 Å². The van der Waals surface area contributed by atoms with Gasteiger partial charge in [0.1, 0.15) is 6.04 Å². The van der Waals surface area contributed by atoms with Crippen LogP contribution in [-0.2, 0) is 9.59 Å². The van der Waals surface area contributed by atoms with Crippen molar-refractivity contribution in [2.24, 2.45) is 17.6 Å². The van der Waals surface area contributed by atoms with Gasteiger partial charge in [-0.05, 0) is 18.3 Å². The SMILES string of the molecule is CC(C)CC(=O)N[C@H](CC1CC1)C(N)=O. The lowest BCUT2D eigenvalue weighted by Crippen LogP contribution is -2.45. The molecule has 4 nitrogen and oxygen atoms in total. The van der Waals surface area contributed by atoms with E-state index in [9.17, 15) is 9.59 Å². The second-order valence-electron chi connectivity index (χ2n) is 4.80. The Kier molecular flexibility index (Phi) is 4.12. The number of nitrogens with two attached hydrogens (primary N) is 1.